The Hall–Kier alpha value is -1.20. The van der Waals surface area contributed by atoms with Gasteiger partial charge < -0.3 is 5.11 Å². The van der Waals surface area contributed by atoms with E-state index in [1.54, 1.807) is 17.5 Å². The fourth-order valence-corrected chi connectivity index (χ4v) is 2.37. The van der Waals surface area contributed by atoms with Crippen LogP contribution in [0, 0.1) is 6.92 Å². The number of nitrogens with zero attached hydrogens (tertiary/aromatic N) is 3. The third-order valence-electron chi connectivity index (χ3n) is 2.43. The molecule has 2 aromatic rings. The molecule has 1 N–H and O–H groups in total. The number of aromatic nitrogens is 3. The molecule has 0 aliphatic rings. The van der Waals surface area contributed by atoms with E-state index in [2.05, 4.69) is 10.1 Å². The summed E-state index contributed by atoms with van der Waals surface area (Å²) in [5, 5.41) is 17.3. The molecule has 5 heteroatoms. The van der Waals surface area contributed by atoms with E-state index in [1.807, 2.05) is 30.0 Å². The van der Waals surface area contributed by atoms with Crippen molar-refractivity contribution in [1.82, 2.24) is 14.8 Å². The van der Waals surface area contributed by atoms with E-state index in [9.17, 15) is 5.11 Å². The molecule has 1 atom stereocenters. The van der Waals surface area contributed by atoms with Crippen LogP contribution in [-0.4, -0.2) is 19.9 Å². The lowest BCUT2D eigenvalue weighted by atomic mass is 10.2. The first-order valence-electron chi connectivity index (χ1n) is 5.31. The van der Waals surface area contributed by atoms with Crippen molar-refractivity contribution in [2.75, 3.05) is 0 Å². The van der Waals surface area contributed by atoms with Gasteiger partial charge in [-0.15, -0.1) is 11.3 Å². The average molecular weight is 237 g/mol. The summed E-state index contributed by atoms with van der Waals surface area (Å²) in [4.78, 5) is 4.17. The van der Waals surface area contributed by atoms with Crippen LogP contribution in [0.3, 0.4) is 0 Å². The maximum atomic E-state index is 10.1. The van der Waals surface area contributed by atoms with Gasteiger partial charge in [0.1, 0.15) is 6.10 Å². The highest BCUT2D eigenvalue weighted by Gasteiger charge is 2.15. The van der Waals surface area contributed by atoms with Crippen molar-refractivity contribution in [2.45, 2.75) is 32.9 Å². The van der Waals surface area contributed by atoms with Crippen LogP contribution >= 0.6 is 11.3 Å². The number of rotatable bonds is 4. The zero-order valence-corrected chi connectivity index (χ0v) is 10.2. The van der Waals surface area contributed by atoms with E-state index in [0.717, 1.165) is 22.9 Å². The smallest absolute Gasteiger partial charge is 0.102 e. The molecule has 0 aromatic carbocycles. The molecule has 0 saturated heterocycles. The number of aliphatic hydroxyl groups is 1. The first-order valence-corrected chi connectivity index (χ1v) is 6.19. The predicted octanol–water partition coefficient (Wildman–Crippen LogP) is 1.94. The van der Waals surface area contributed by atoms with Gasteiger partial charge in [-0.3, -0.25) is 4.68 Å². The van der Waals surface area contributed by atoms with E-state index < -0.39 is 6.10 Å². The molecule has 2 heterocycles. The molecule has 1 unspecified atom stereocenters. The van der Waals surface area contributed by atoms with Gasteiger partial charge in [0.05, 0.1) is 16.4 Å². The molecule has 2 rings (SSSR count). The first-order chi connectivity index (χ1) is 7.70. The van der Waals surface area contributed by atoms with Gasteiger partial charge in [-0.2, -0.15) is 5.10 Å². The van der Waals surface area contributed by atoms with E-state index >= 15 is 0 Å². The molecule has 0 bridgehead atoms. The predicted molar refractivity (Wildman–Crippen MR) is 63.4 cm³/mol. The Bertz CT molecular complexity index is 450. The Kier molecular flexibility index (Phi) is 3.36. The van der Waals surface area contributed by atoms with Gasteiger partial charge >= 0.3 is 0 Å². The third kappa shape index (κ3) is 2.31. The summed E-state index contributed by atoms with van der Waals surface area (Å²) in [7, 11) is 0. The largest absolute Gasteiger partial charge is 0.386 e. The molecule has 0 saturated carbocycles. The van der Waals surface area contributed by atoms with E-state index in [4.69, 9.17) is 0 Å². The minimum absolute atomic E-state index is 0.521. The van der Waals surface area contributed by atoms with Gasteiger partial charge in [0.25, 0.3) is 0 Å². The van der Waals surface area contributed by atoms with Crippen LogP contribution in [0.4, 0.5) is 0 Å². The second-order valence-corrected chi connectivity index (χ2v) is 4.65. The van der Waals surface area contributed by atoms with E-state index in [0.29, 0.717) is 6.42 Å². The molecule has 86 valence electrons. The maximum Gasteiger partial charge on any atom is 0.102 e. The lowest BCUT2D eigenvalue weighted by Crippen LogP contribution is -2.09. The average Bonchev–Trinajstić information content (AvgIpc) is 2.86. The quantitative estimate of drug-likeness (QED) is 0.884. The van der Waals surface area contributed by atoms with Crippen molar-refractivity contribution < 1.29 is 5.11 Å². The van der Waals surface area contributed by atoms with Crippen molar-refractivity contribution in [3.05, 3.63) is 34.0 Å². The lowest BCUT2D eigenvalue weighted by molar-refractivity contribution is 0.167. The third-order valence-corrected chi connectivity index (χ3v) is 3.23. The summed E-state index contributed by atoms with van der Waals surface area (Å²) < 4.78 is 1.84. The van der Waals surface area contributed by atoms with Gasteiger partial charge in [0, 0.05) is 24.5 Å². The van der Waals surface area contributed by atoms with Crippen molar-refractivity contribution in [3.63, 3.8) is 0 Å². The summed E-state index contributed by atoms with van der Waals surface area (Å²) in [6.07, 6.45) is 1.80. The molecule has 0 aliphatic carbocycles. The maximum absolute atomic E-state index is 10.1. The molecule has 0 radical (unpaired) electrons. The van der Waals surface area contributed by atoms with Gasteiger partial charge in [0.2, 0.25) is 0 Å². The summed E-state index contributed by atoms with van der Waals surface area (Å²) in [5.74, 6) is 0. The topological polar surface area (TPSA) is 50.9 Å². The molecule has 2 aromatic heterocycles. The molecule has 0 amide bonds. The summed E-state index contributed by atoms with van der Waals surface area (Å²) in [6.45, 7) is 4.73. The number of aliphatic hydroxyl groups excluding tert-OH is 1. The standard InChI is InChI=1S/C11H15N3OS/c1-3-14-9(6-8(2)13-14)10(15)7-11-12-4-5-16-11/h4-6,10,15H,3,7H2,1-2H3. The number of hydrogen-bond acceptors (Lipinski definition) is 4. The molecule has 0 fully saturated rings. The van der Waals surface area contributed by atoms with E-state index in [1.165, 1.54) is 0 Å². The Morgan fingerprint density at radius 2 is 2.38 bits per heavy atom. The Balaban J connectivity index is 2.16. The molecule has 4 nitrogen and oxygen atoms in total. The van der Waals surface area contributed by atoms with Crippen LogP contribution in [0.25, 0.3) is 0 Å². The molecular formula is C11H15N3OS. The van der Waals surface area contributed by atoms with Crippen LogP contribution in [0.5, 0.6) is 0 Å². The van der Waals surface area contributed by atoms with Crippen LogP contribution in [0.1, 0.15) is 29.4 Å². The van der Waals surface area contributed by atoms with E-state index in [-0.39, 0.29) is 0 Å². The Morgan fingerprint density at radius 3 is 3.00 bits per heavy atom. The zero-order chi connectivity index (χ0) is 11.5. The molecule has 0 aliphatic heterocycles. The van der Waals surface area contributed by atoms with Gasteiger partial charge in [-0.1, -0.05) is 0 Å². The SMILES string of the molecule is CCn1nc(C)cc1C(O)Cc1nccs1. The van der Waals surface area contributed by atoms with Crippen LogP contribution < -0.4 is 0 Å². The minimum atomic E-state index is -0.521. The van der Waals surface area contributed by atoms with Crippen LogP contribution in [0.15, 0.2) is 17.6 Å². The summed E-state index contributed by atoms with van der Waals surface area (Å²) in [5.41, 5.74) is 1.81. The number of hydrogen-bond donors (Lipinski definition) is 1. The number of aryl methyl sites for hydroxylation is 2. The van der Waals surface area contributed by atoms with Crippen molar-refractivity contribution in [2.24, 2.45) is 0 Å². The van der Waals surface area contributed by atoms with Crippen molar-refractivity contribution >= 4 is 11.3 Å². The number of thiazole rings is 1. The van der Waals surface area contributed by atoms with Crippen molar-refractivity contribution in [1.29, 1.82) is 0 Å². The normalized spacial score (nSPS) is 12.9. The van der Waals surface area contributed by atoms with Gasteiger partial charge in [-0.25, -0.2) is 4.98 Å². The van der Waals surface area contributed by atoms with Gasteiger partial charge in [0.15, 0.2) is 0 Å². The highest BCUT2D eigenvalue weighted by Crippen LogP contribution is 2.20. The van der Waals surface area contributed by atoms with Gasteiger partial charge in [-0.05, 0) is 19.9 Å². The summed E-state index contributed by atoms with van der Waals surface area (Å²) >= 11 is 1.57. The highest BCUT2D eigenvalue weighted by molar-refractivity contribution is 7.09. The monoisotopic (exact) mass is 237 g/mol. The second-order valence-electron chi connectivity index (χ2n) is 3.67. The summed E-state index contributed by atoms with van der Waals surface area (Å²) in [6, 6.07) is 1.93. The fraction of sp³-hybridized carbons (Fsp3) is 0.455. The van der Waals surface area contributed by atoms with Crippen molar-refractivity contribution in [3.8, 4) is 0 Å². The molecular weight excluding hydrogens is 222 g/mol. The molecule has 0 spiro atoms. The Labute approximate surface area is 98.6 Å². The lowest BCUT2D eigenvalue weighted by Gasteiger charge is -2.10. The molecule has 16 heavy (non-hydrogen) atoms. The first kappa shape index (κ1) is 11.3. The van der Waals surface area contributed by atoms with Crippen LogP contribution in [0.2, 0.25) is 0 Å². The second kappa shape index (κ2) is 4.76. The van der Waals surface area contributed by atoms with Crippen LogP contribution in [-0.2, 0) is 13.0 Å². The zero-order valence-electron chi connectivity index (χ0n) is 9.42. The minimum Gasteiger partial charge on any atom is -0.386 e. The fourth-order valence-electron chi connectivity index (χ4n) is 1.71. The highest BCUT2D eigenvalue weighted by atomic mass is 32.1. The Morgan fingerprint density at radius 1 is 1.56 bits per heavy atom.